The first kappa shape index (κ1) is 25.5. The number of aromatic nitrogens is 2. The zero-order chi connectivity index (χ0) is 27.3. The van der Waals surface area contributed by atoms with Gasteiger partial charge in [-0.3, -0.25) is 4.79 Å². The van der Waals surface area contributed by atoms with Gasteiger partial charge in [0, 0.05) is 50.9 Å². The molecular formula is C29H32F2N6O2. The molecule has 3 aliphatic rings. The van der Waals surface area contributed by atoms with Gasteiger partial charge in [-0.2, -0.15) is 4.98 Å². The number of ether oxygens (including phenoxy) is 1. The second-order valence-corrected chi connectivity index (χ2v) is 10.6. The lowest BCUT2D eigenvalue weighted by atomic mass is 9.91. The molecule has 4 heterocycles. The van der Waals surface area contributed by atoms with Crippen molar-refractivity contribution < 1.29 is 18.3 Å². The highest BCUT2D eigenvalue weighted by atomic mass is 19.1. The molecule has 0 bridgehead atoms. The van der Waals surface area contributed by atoms with Crippen molar-refractivity contribution in [1.82, 2.24) is 19.8 Å². The lowest BCUT2D eigenvalue weighted by molar-refractivity contribution is -0.126. The standard InChI is InChI=1S/C29H32F2N6O2/c1-4-24(38)35-10-12-36(13-11-35)28-26-23(32-29(33-28)37-16-18(17-37)34(2)3)15-20(19-7-6-14-39-27(19)26)25-21(30)8-5-9-22(25)31/h4-5,8-9,15,18H,1,6-7,10-14,16-17H2,2-3H3. The van der Waals surface area contributed by atoms with E-state index in [1.54, 1.807) is 11.0 Å². The zero-order valence-corrected chi connectivity index (χ0v) is 22.3. The van der Waals surface area contributed by atoms with Crippen molar-refractivity contribution in [3.63, 3.8) is 0 Å². The average molecular weight is 535 g/mol. The smallest absolute Gasteiger partial charge is 0.246 e. The second-order valence-electron chi connectivity index (χ2n) is 10.6. The molecule has 0 unspecified atom stereocenters. The van der Waals surface area contributed by atoms with Crippen LogP contribution in [0.3, 0.4) is 0 Å². The summed E-state index contributed by atoms with van der Waals surface area (Å²) in [5.41, 5.74) is 1.77. The molecule has 2 fully saturated rings. The fourth-order valence-corrected chi connectivity index (χ4v) is 5.67. The number of anilines is 2. The van der Waals surface area contributed by atoms with Crippen molar-refractivity contribution in [1.29, 1.82) is 0 Å². The molecule has 0 spiro atoms. The van der Waals surface area contributed by atoms with Crippen LogP contribution in [0, 0.1) is 11.6 Å². The lowest BCUT2D eigenvalue weighted by Gasteiger charge is -2.43. The summed E-state index contributed by atoms with van der Waals surface area (Å²) in [6.07, 6.45) is 2.72. The van der Waals surface area contributed by atoms with E-state index in [0.29, 0.717) is 68.0 Å². The van der Waals surface area contributed by atoms with Gasteiger partial charge in [-0.1, -0.05) is 12.6 Å². The van der Waals surface area contributed by atoms with E-state index >= 15 is 8.78 Å². The van der Waals surface area contributed by atoms with E-state index in [4.69, 9.17) is 14.7 Å². The molecule has 3 aliphatic heterocycles. The molecule has 0 atom stereocenters. The molecule has 1 aromatic heterocycles. The number of carbonyl (C=O) groups is 1. The fraction of sp³-hybridized carbons (Fsp3) is 0.414. The molecule has 6 rings (SSSR count). The number of hydrogen-bond donors (Lipinski definition) is 0. The van der Waals surface area contributed by atoms with Crippen LogP contribution in [0.15, 0.2) is 36.9 Å². The minimum atomic E-state index is -0.615. The highest BCUT2D eigenvalue weighted by Gasteiger charge is 2.34. The number of carbonyl (C=O) groups excluding carboxylic acids is 1. The summed E-state index contributed by atoms with van der Waals surface area (Å²) in [4.78, 5) is 30.4. The maximum absolute atomic E-state index is 15.0. The normalized spacial score (nSPS) is 17.7. The van der Waals surface area contributed by atoms with Crippen LogP contribution in [-0.4, -0.2) is 91.7 Å². The maximum atomic E-state index is 15.0. The fourth-order valence-electron chi connectivity index (χ4n) is 5.67. The minimum Gasteiger partial charge on any atom is -0.492 e. The summed E-state index contributed by atoms with van der Waals surface area (Å²) in [5, 5.41) is 0.752. The molecule has 0 aliphatic carbocycles. The van der Waals surface area contributed by atoms with Gasteiger partial charge in [-0.05, 0) is 56.8 Å². The van der Waals surface area contributed by atoms with E-state index in [9.17, 15) is 4.79 Å². The molecule has 0 saturated carbocycles. The Morgan fingerprint density at radius 1 is 1.10 bits per heavy atom. The van der Waals surface area contributed by atoms with Crippen LogP contribution in [0.5, 0.6) is 5.75 Å². The van der Waals surface area contributed by atoms with E-state index in [-0.39, 0.29) is 11.5 Å². The predicted octanol–water partition coefficient (Wildman–Crippen LogP) is 3.48. The molecule has 0 N–H and O–H groups in total. The molecule has 1 amide bonds. The predicted molar refractivity (Wildman–Crippen MR) is 147 cm³/mol. The Hall–Kier alpha value is -3.79. The van der Waals surface area contributed by atoms with E-state index in [2.05, 4.69) is 35.4 Å². The average Bonchev–Trinajstić information content (AvgIpc) is 2.91. The van der Waals surface area contributed by atoms with Gasteiger partial charge in [-0.25, -0.2) is 13.8 Å². The Morgan fingerprint density at radius 2 is 1.82 bits per heavy atom. The van der Waals surface area contributed by atoms with Crippen molar-refractivity contribution in [2.24, 2.45) is 0 Å². The Bertz CT molecular complexity index is 1430. The summed E-state index contributed by atoms with van der Waals surface area (Å²) >= 11 is 0. The van der Waals surface area contributed by atoms with E-state index in [0.717, 1.165) is 36.3 Å². The number of amides is 1. The first-order chi connectivity index (χ1) is 18.9. The molecule has 3 aromatic rings. The number of rotatable bonds is 5. The third-order valence-corrected chi connectivity index (χ3v) is 8.00. The topological polar surface area (TPSA) is 65.0 Å². The van der Waals surface area contributed by atoms with Gasteiger partial charge in [0.2, 0.25) is 11.9 Å². The van der Waals surface area contributed by atoms with Crippen LogP contribution in [0.4, 0.5) is 20.5 Å². The summed E-state index contributed by atoms with van der Waals surface area (Å²) in [6, 6.07) is 6.12. The Balaban J connectivity index is 1.52. The van der Waals surface area contributed by atoms with Crippen LogP contribution in [0.25, 0.3) is 22.0 Å². The lowest BCUT2D eigenvalue weighted by Crippen LogP contribution is -2.58. The number of likely N-dealkylation sites (N-methyl/N-ethyl adjacent to an activating group) is 1. The molecule has 0 radical (unpaired) electrons. The molecule has 2 aromatic carbocycles. The number of nitrogens with zero attached hydrogens (tertiary/aromatic N) is 6. The third kappa shape index (κ3) is 4.46. The van der Waals surface area contributed by atoms with Crippen LogP contribution >= 0.6 is 0 Å². The van der Waals surface area contributed by atoms with Gasteiger partial charge in [-0.15, -0.1) is 0 Å². The van der Waals surface area contributed by atoms with E-state index < -0.39 is 11.6 Å². The summed E-state index contributed by atoms with van der Waals surface area (Å²) in [7, 11) is 4.11. The largest absolute Gasteiger partial charge is 0.492 e. The highest BCUT2D eigenvalue weighted by molar-refractivity contribution is 6.01. The van der Waals surface area contributed by atoms with Gasteiger partial charge in [0.25, 0.3) is 0 Å². The van der Waals surface area contributed by atoms with Crippen LogP contribution < -0.4 is 14.5 Å². The summed E-state index contributed by atoms with van der Waals surface area (Å²) in [6.45, 7) is 7.95. The quantitative estimate of drug-likeness (QED) is 0.465. The van der Waals surface area contributed by atoms with Crippen LogP contribution in [0.2, 0.25) is 0 Å². The number of fused-ring (bicyclic) bond motifs is 3. The summed E-state index contributed by atoms with van der Waals surface area (Å²) in [5.74, 6) is 0.587. The first-order valence-corrected chi connectivity index (χ1v) is 13.4. The second kappa shape index (κ2) is 10.1. The minimum absolute atomic E-state index is 0.0592. The maximum Gasteiger partial charge on any atom is 0.246 e. The van der Waals surface area contributed by atoms with Crippen molar-refractivity contribution in [2.75, 3.05) is 69.8 Å². The number of halogens is 2. The van der Waals surface area contributed by atoms with Gasteiger partial charge >= 0.3 is 0 Å². The Labute approximate surface area is 226 Å². The van der Waals surface area contributed by atoms with Gasteiger partial charge in [0.1, 0.15) is 23.2 Å². The van der Waals surface area contributed by atoms with Crippen molar-refractivity contribution in [3.05, 3.63) is 54.1 Å². The van der Waals surface area contributed by atoms with Crippen molar-refractivity contribution in [2.45, 2.75) is 18.9 Å². The van der Waals surface area contributed by atoms with Gasteiger partial charge < -0.3 is 24.3 Å². The van der Waals surface area contributed by atoms with Crippen molar-refractivity contribution in [3.8, 4) is 16.9 Å². The van der Waals surface area contributed by atoms with Crippen molar-refractivity contribution >= 4 is 28.6 Å². The highest BCUT2D eigenvalue weighted by Crippen LogP contribution is 2.45. The van der Waals surface area contributed by atoms with Gasteiger partial charge in [0.15, 0.2) is 0 Å². The zero-order valence-electron chi connectivity index (χ0n) is 22.3. The molecule has 8 nitrogen and oxygen atoms in total. The monoisotopic (exact) mass is 534 g/mol. The molecular weight excluding hydrogens is 502 g/mol. The molecule has 2 saturated heterocycles. The number of benzene rings is 2. The molecule has 39 heavy (non-hydrogen) atoms. The number of hydrogen-bond acceptors (Lipinski definition) is 7. The van der Waals surface area contributed by atoms with E-state index in [1.165, 1.54) is 24.3 Å². The third-order valence-electron chi connectivity index (χ3n) is 8.00. The Morgan fingerprint density at radius 3 is 2.49 bits per heavy atom. The SMILES string of the molecule is C=CC(=O)N1CCN(c2nc(N3CC(N(C)C)C3)nc3cc(-c4c(F)cccc4F)c4c(c23)OCCC4)CC1. The Kier molecular flexibility index (Phi) is 6.58. The van der Waals surface area contributed by atoms with Crippen LogP contribution in [-0.2, 0) is 11.2 Å². The molecule has 204 valence electrons. The van der Waals surface area contributed by atoms with Gasteiger partial charge in [0.05, 0.1) is 23.1 Å². The van der Waals surface area contributed by atoms with Crippen LogP contribution in [0.1, 0.15) is 12.0 Å². The first-order valence-electron chi connectivity index (χ1n) is 13.4. The number of piperazine rings is 1. The molecule has 10 heteroatoms. The summed E-state index contributed by atoms with van der Waals surface area (Å²) < 4.78 is 36.3. The van der Waals surface area contributed by atoms with E-state index in [1.807, 2.05) is 0 Å².